The van der Waals surface area contributed by atoms with Crippen molar-refractivity contribution in [3.63, 3.8) is 0 Å². The summed E-state index contributed by atoms with van der Waals surface area (Å²) >= 11 is 1.64. The van der Waals surface area contributed by atoms with Crippen molar-refractivity contribution in [2.75, 3.05) is 26.0 Å². The van der Waals surface area contributed by atoms with Crippen molar-refractivity contribution in [3.05, 3.63) is 59.1 Å². The summed E-state index contributed by atoms with van der Waals surface area (Å²) in [6.45, 7) is 4.49. The average Bonchev–Trinajstić information content (AvgIpc) is 3.15. The molecule has 2 aromatic carbocycles. The molecule has 0 aliphatic heterocycles. The van der Waals surface area contributed by atoms with Crippen molar-refractivity contribution in [2.45, 2.75) is 32.9 Å². The normalized spacial score (nSPS) is 12.2. The fraction of sp³-hybridized carbons (Fsp3) is 0.348. The van der Waals surface area contributed by atoms with E-state index in [0.717, 1.165) is 32.9 Å². The van der Waals surface area contributed by atoms with E-state index in [2.05, 4.69) is 10.3 Å². The van der Waals surface area contributed by atoms with Gasteiger partial charge in [-0.25, -0.2) is 4.98 Å². The van der Waals surface area contributed by atoms with Crippen LogP contribution in [0, 0.1) is 0 Å². The summed E-state index contributed by atoms with van der Waals surface area (Å²) < 4.78 is 1.14. The fourth-order valence-corrected chi connectivity index (χ4v) is 4.31. The number of rotatable bonds is 8. The van der Waals surface area contributed by atoms with Crippen molar-refractivity contribution >= 4 is 39.1 Å². The van der Waals surface area contributed by atoms with Crippen LogP contribution in [0.25, 0.3) is 10.2 Å². The minimum Gasteiger partial charge on any atom is -0.335 e. The lowest BCUT2D eigenvalue weighted by Crippen LogP contribution is -2.46. The fourth-order valence-electron chi connectivity index (χ4n) is 3.28. The Bertz CT molecular complexity index is 1000. The number of nitrogens with one attached hydrogen (secondary N) is 1. The molecule has 1 atom stereocenters. The zero-order chi connectivity index (χ0) is 21.7. The predicted molar refractivity (Wildman–Crippen MR) is 123 cm³/mol. The van der Waals surface area contributed by atoms with Gasteiger partial charge in [-0.1, -0.05) is 37.3 Å². The number of hydrogen-bond donors (Lipinski definition) is 1. The van der Waals surface area contributed by atoms with Gasteiger partial charge >= 0.3 is 0 Å². The largest absolute Gasteiger partial charge is 0.335 e. The molecule has 7 heteroatoms. The summed E-state index contributed by atoms with van der Waals surface area (Å²) in [5.74, 6) is -0.301. The molecular formula is C23H28N4O2S. The van der Waals surface area contributed by atoms with Crippen molar-refractivity contribution in [1.29, 1.82) is 0 Å². The average molecular weight is 425 g/mol. The van der Waals surface area contributed by atoms with Crippen molar-refractivity contribution in [2.24, 2.45) is 0 Å². The van der Waals surface area contributed by atoms with Gasteiger partial charge in [-0.3, -0.25) is 14.5 Å². The second-order valence-corrected chi connectivity index (χ2v) is 8.53. The Morgan fingerprint density at radius 1 is 1.10 bits per heavy atom. The third kappa shape index (κ3) is 5.23. The predicted octanol–water partition coefficient (Wildman–Crippen LogP) is 3.78. The van der Waals surface area contributed by atoms with E-state index in [1.165, 1.54) is 4.90 Å². The minimum atomic E-state index is -0.363. The van der Waals surface area contributed by atoms with Gasteiger partial charge in [0, 0.05) is 12.7 Å². The third-order valence-electron chi connectivity index (χ3n) is 5.17. The first-order valence-electron chi connectivity index (χ1n) is 10.1. The van der Waals surface area contributed by atoms with Crippen molar-refractivity contribution in [3.8, 4) is 0 Å². The van der Waals surface area contributed by atoms with Gasteiger partial charge in [-0.05, 0) is 44.2 Å². The van der Waals surface area contributed by atoms with E-state index in [0.29, 0.717) is 6.54 Å². The summed E-state index contributed by atoms with van der Waals surface area (Å²) in [6.07, 6.45) is 0.832. The number of nitrogens with zero attached hydrogens (tertiary/aromatic N) is 3. The van der Waals surface area contributed by atoms with Gasteiger partial charge in [0.15, 0.2) is 0 Å². The molecule has 0 saturated carbocycles. The zero-order valence-corrected chi connectivity index (χ0v) is 18.7. The van der Waals surface area contributed by atoms with Gasteiger partial charge in [-0.15, -0.1) is 11.3 Å². The first-order chi connectivity index (χ1) is 14.4. The van der Waals surface area contributed by atoms with Gasteiger partial charge in [0.25, 0.3) is 0 Å². The van der Waals surface area contributed by atoms with Gasteiger partial charge in [0.1, 0.15) is 5.01 Å². The van der Waals surface area contributed by atoms with Crippen LogP contribution in [0.5, 0.6) is 0 Å². The topological polar surface area (TPSA) is 65.5 Å². The molecule has 1 aromatic heterocycles. The molecule has 0 aliphatic carbocycles. The van der Waals surface area contributed by atoms with Crippen LogP contribution in [-0.2, 0) is 22.6 Å². The van der Waals surface area contributed by atoms with E-state index in [1.807, 2.05) is 74.3 Å². The molecule has 0 radical (unpaired) electrons. The molecule has 6 nitrogen and oxygen atoms in total. The number of hydrogen-bond acceptors (Lipinski definition) is 5. The number of para-hydroxylation sites is 2. The van der Waals surface area contributed by atoms with Crippen LogP contribution in [-0.4, -0.2) is 53.3 Å². The highest BCUT2D eigenvalue weighted by atomic mass is 32.1. The molecule has 2 amide bonds. The maximum atomic E-state index is 12.8. The summed E-state index contributed by atoms with van der Waals surface area (Å²) in [5.41, 5.74) is 2.85. The van der Waals surface area contributed by atoms with E-state index < -0.39 is 0 Å². The first-order valence-corrected chi connectivity index (χ1v) is 10.9. The number of carbonyl (C=O) groups is 2. The van der Waals surface area contributed by atoms with Crippen LogP contribution in [0.2, 0.25) is 0 Å². The van der Waals surface area contributed by atoms with Crippen molar-refractivity contribution < 1.29 is 9.59 Å². The quantitative estimate of drug-likeness (QED) is 0.598. The van der Waals surface area contributed by atoms with E-state index in [-0.39, 0.29) is 24.4 Å². The van der Waals surface area contributed by atoms with Crippen LogP contribution in [0.15, 0.2) is 48.5 Å². The maximum Gasteiger partial charge on any atom is 0.243 e. The number of amides is 2. The number of benzene rings is 2. The molecule has 1 heterocycles. The van der Waals surface area contributed by atoms with Gasteiger partial charge in [-0.2, -0.15) is 0 Å². The molecule has 0 aliphatic rings. The van der Waals surface area contributed by atoms with Crippen LogP contribution in [0.3, 0.4) is 0 Å². The second-order valence-electron chi connectivity index (χ2n) is 7.42. The van der Waals surface area contributed by atoms with Crippen LogP contribution < -0.4 is 5.32 Å². The molecule has 3 rings (SSSR count). The Morgan fingerprint density at radius 2 is 1.80 bits per heavy atom. The molecule has 3 aromatic rings. The Balaban J connectivity index is 1.56. The lowest BCUT2D eigenvalue weighted by atomic mass is 10.1. The Kier molecular flexibility index (Phi) is 7.18. The summed E-state index contributed by atoms with van der Waals surface area (Å²) in [7, 11) is 3.57. The van der Waals surface area contributed by atoms with E-state index >= 15 is 0 Å². The van der Waals surface area contributed by atoms with Gasteiger partial charge in [0.2, 0.25) is 11.8 Å². The molecule has 0 saturated heterocycles. The molecule has 1 unspecified atom stereocenters. The Morgan fingerprint density at radius 3 is 2.53 bits per heavy atom. The number of aryl methyl sites for hydroxylation is 1. The molecule has 30 heavy (non-hydrogen) atoms. The molecule has 158 valence electrons. The zero-order valence-electron chi connectivity index (χ0n) is 17.9. The van der Waals surface area contributed by atoms with Crippen LogP contribution in [0.1, 0.15) is 24.4 Å². The number of likely N-dealkylation sites (N-methyl/N-ethyl adjacent to an activating group) is 2. The highest BCUT2D eigenvalue weighted by molar-refractivity contribution is 7.18. The summed E-state index contributed by atoms with van der Waals surface area (Å²) in [4.78, 5) is 33.4. The Labute approximate surface area is 181 Å². The van der Waals surface area contributed by atoms with Crippen molar-refractivity contribution in [1.82, 2.24) is 14.8 Å². The lowest BCUT2D eigenvalue weighted by molar-refractivity contribution is -0.137. The minimum absolute atomic E-state index is 0.0101. The van der Waals surface area contributed by atoms with Crippen LogP contribution in [0.4, 0.5) is 5.69 Å². The smallest absolute Gasteiger partial charge is 0.243 e. The highest BCUT2D eigenvalue weighted by Gasteiger charge is 2.24. The summed E-state index contributed by atoms with van der Waals surface area (Å²) in [6, 6.07) is 15.4. The second kappa shape index (κ2) is 9.82. The van der Waals surface area contributed by atoms with Crippen LogP contribution >= 0.6 is 11.3 Å². The number of fused-ring (bicyclic) bond motifs is 1. The number of aromatic nitrogens is 1. The SMILES string of the molecule is CCc1ccccc1NC(=O)CN(C)C(=O)C(C)N(C)Cc1nc2ccccc2s1. The molecule has 0 fully saturated rings. The molecule has 0 spiro atoms. The summed E-state index contributed by atoms with van der Waals surface area (Å²) in [5, 5.41) is 3.88. The standard InChI is InChI=1S/C23H28N4O2S/c1-5-17-10-6-7-11-18(17)24-21(28)14-27(4)23(29)16(2)26(3)15-22-25-19-12-8-9-13-20(19)30-22/h6-13,16H,5,14-15H2,1-4H3,(H,24,28). The first kappa shape index (κ1) is 21.9. The van der Waals surface area contributed by atoms with E-state index in [1.54, 1.807) is 18.4 Å². The molecule has 1 N–H and O–H groups in total. The Hall–Kier alpha value is -2.77. The van der Waals surface area contributed by atoms with Gasteiger partial charge in [0.05, 0.1) is 29.3 Å². The number of thiazole rings is 1. The number of anilines is 1. The third-order valence-corrected chi connectivity index (χ3v) is 6.19. The maximum absolute atomic E-state index is 12.8. The lowest BCUT2D eigenvalue weighted by Gasteiger charge is -2.27. The van der Waals surface area contributed by atoms with E-state index in [4.69, 9.17) is 0 Å². The highest BCUT2D eigenvalue weighted by Crippen LogP contribution is 2.23. The monoisotopic (exact) mass is 424 g/mol. The van der Waals surface area contributed by atoms with Gasteiger partial charge < -0.3 is 10.2 Å². The molecular weight excluding hydrogens is 396 g/mol. The number of carbonyl (C=O) groups excluding carboxylic acids is 2. The van der Waals surface area contributed by atoms with E-state index in [9.17, 15) is 9.59 Å². The molecule has 0 bridgehead atoms.